The molecule has 0 bridgehead atoms. The Morgan fingerprint density at radius 2 is 2.06 bits per heavy atom. The maximum absolute atomic E-state index is 13.8. The average molecular weight is 239 g/mol. The van der Waals surface area contributed by atoms with Crippen molar-refractivity contribution in [2.24, 2.45) is 0 Å². The van der Waals surface area contributed by atoms with Crippen LogP contribution in [0, 0.1) is 5.82 Å². The van der Waals surface area contributed by atoms with Gasteiger partial charge in [0.15, 0.2) is 0 Å². The van der Waals surface area contributed by atoms with Gasteiger partial charge < -0.3 is 5.32 Å². The summed E-state index contributed by atoms with van der Waals surface area (Å²) >= 11 is 1.38. The molecule has 1 amide bonds. The zero-order chi connectivity index (χ0) is 11.9. The molecule has 0 fully saturated rings. The van der Waals surface area contributed by atoms with Gasteiger partial charge in [0.25, 0.3) is 0 Å². The monoisotopic (exact) mass is 239 g/mol. The first-order chi connectivity index (χ1) is 7.38. The van der Waals surface area contributed by atoms with Gasteiger partial charge in [0.1, 0.15) is 5.82 Å². The van der Waals surface area contributed by atoms with Crippen molar-refractivity contribution in [3.63, 3.8) is 0 Å². The van der Waals surface area contributed by atoms with E-state index in [1.54, 1.807) is 6.07 Å². The van der Waals surface area contributed by atoms with Crippen LogP contribution in [0.4, 0.5) is 10.1 Å². The summed E-state index contributed by atoms with van der Waals surface area (Å²) in [5.74, 6) is 0.139. The fourth-order valence-corrected chi connectivity index (χ4v) is 2.49. The highest BCUT2D eigenvalue weighted by atomic mass is 32.2. The SMILES string of the molecule is CC(C)(C)c1cc2c(cc1F)SCC(=O)N2. The van der Waals surface area contributed by atoms with Crippen molar-refractivity contribution in [3.05, 3.63) is 23.5 Å². The van der Waals surface area contributed by atoms with Crippen LogP contribution < -0.4 is 5.32 Å². The largest absolute Gasteiger partial charge is 0.324 e. The van der Waals surface area contributed by atoms with Gasteiger partial charge >= 0.3 is 0 Å². The second kappa shape index (κ2) is 3.77. The summed E-state index contributed by atoms with van der Waals surface area (Å²) in [6, 6.07) is 3.26. The standard InChI is InChI=1S/C12H14FNOS/c1-12(2,3)7-4-9-10(5-8(7)13)16-6-11(15)14-9/h4-5H,6H2,1-3H3,(H,14,15). The lowest BCUT2D eigenvalue weighted by Crippen LogP contribution is -2.21. The predicted octanol–water partition coefficient (Wildman–Crippen LogP) is 3.17. The molecule has 2 nitrogen and oxygen atoms in total. The first-order valence-electron chi connectivity index (χ1n) is 5.14. The van der Waals surface area contributed by atoms with Crippen LogP contribution in [-0.2, 0) is 10.2 Å². The highest BCUT2D eigenvalue weighted by molar-refractivity contribution is 8.00. The molecule has 0 spiro atoms. The fourth-order valence-electron chi connectivity index (χ4n) is 1.68. The molecule has 4 heteroatoms. The van der Waals surface area contributed by atoms with Crippen molar-refractivity contribution in [3.8, 4) is 0 Å². The first kappa shape index (κ1) is 11.5. The summed E-state index contributed by atoms with van der Waals surface area (Å²) in [5, 5.41) is 2.77. The molecule has 0 aliphatic carbocycles. The molecule has 0 saturated heterocycles. The summed E-state index contributed by atoms with van der Waals surface area (Å²) in [6.45, 7) is 5.86. The van der Waals surface area contributed by atoms with Crippen molar-refractivity contribution in [2.75, 3.05) is 11.1 Å². The normalized spacial score (nSPS) is 15.6. The van der Waals surface area contributed by atoms with Crippen LogP contribution in [0.5, 0.6) is 0 Å². The number of fused-ring (bicyclic) bond motifs is 1. The molecule has 0 saturated carbocycles. The molecule has 1 aliphatic heterocycles. The zero-order valence-electron chi connectivity index (χ0n) is 9.56. The van der Waals surface area contributed by atoms with Gasteiger partial charge in [0, 0.05) is 4.90 Å². The summed E-state index contributed by atoms with van der Waals surface area (Å²) in [6.07, 6.45) is 0. The molecular weight excluding hydrogens is 225 g/mol. The quantitative estimate of drug-likeness (QED) is 0.753. The third-order valence-corrected chi connectivity index (χ3v) is 3.57. The van der Waals surface area contributed by atoms with Crippen LogP contribution in [0.2, 0.25) is 0 Å². The Labute approximate surface area is 98.6 Å². The first-order valence-corrected chi connectivity index (χ1v) is 6.13. The summed E-state index contributed by atoms with van der Waals surface area (Å²) < 4.78 is 13.8. The Morgan fingerprint density at radius 3 is 2.69 bits per heavy atom. The topological polar surface area (TPSA) is 29.1 Å². The number of carbonyl (C=O) groups excluding carboxylic acids is 1. The van der Waals surface area contributed by atoms with E-state index < -0.39 is 0 Å². The Balaban J connectivity index is 2.51. The number of benzene rings is 1. The maximum Gasteiger partial charge on any atom is 0.234 e. The summed E-state index contributed by atoms with van der Waals surface area (Å²) in [7, 11) is 0. The molecule has 1 N–H and O–H groups in total. The summed E-state index contributed by atoms with van der Waals surface area (Å²) in [5.41, 5.74) is 1.10. The van der Waals surface area contributed by atoms with Crippen LogP contribution >= 0.6 is 11.8 Å². The molecule has 0 radical (unpaired) electrons. The Hall–Kier alpha value is -1.03. The number of rotatable bonds is 0. The number of hydrogen-bond donors (Lipinski definition) is 1. The van der Waals surface area contributed by atoms with E-state index in [9.17, 15) is 9.18 Å². The number of amides is 1. The van der Waals surface area contributed by atoms with Gasteiger partial charge in [-0.1, -0.05) is 20.8 Å². The Bertz CT molecular complexity index is 451. The molecule has 86 valence electrons. The summed E-state index contributed by atoms with van der Waals surface area (Å²) in [4.78, 5) is 12.1. The number of thioether (sulfide) groups is 1. The smallest absolute Gasteiger partial charge is 0.234 e. The number of hydrogen-bond acceptors (Lipinski definition) is 2. The van der Waals surface area contributed by atoms with E-state index in [0.717, 1.165) is 10.6 Å². The van der Waals surface area contributed by atoms with Crippen molar-refractivity contribution in [2.45, 2.75) is 31.1 Å². The Kier molecular flexibility index (Phi) is 2.70. The fraction of sp³-hybridized carbons (Fsp3) is 0.417. The van der Waals surface area contributed by atoms with Gasteiger partial charge in [-0.3, -0.25) is 4.79 Å². The van der Waals surface area contributed by atoms with Crippen molar-refractivity contribution in [1.29, 1.82) is 0 Å². The van der Waals surface area contributed by atoms with Crippen molar-refractivity contribution >= 4 is 23.4 Å². The van der Waals surface area contributed by atoms with Crippen LogP contribution in [0.1, 0.15) is 26.3 Å². The predicted molar refractivity (Wildman–Crippen MR) is 64.5 cm³/mol. The number of carbonyl (C=O) groups is 1. The Morgan fingerprint density at radius 1 is 1.38 bits per heavy atom. The van der Waals surface area contributed by atoms with E-state index in [4.69, 9.17) is 0 Å². The molecule has 16 heavy (non-hydrogen) atoms. The van der Waals surface area contributed by atoms with Gasteiger partial charge in [-0.25, -0.2) is 4.39 Å². The van der Waals surface area contributed by atoms with Crippen LogP contribution in [0.25, 0.3) is 0 Å². The second-order valence-electron chi connectivity index (χ2n) is 4.92. The van der Waals surface area contributed by atoms with E-state index >= 15 is 0 Å². The lowest BCUT2D eigenvalue weighted by Gasteiger charge is -2.24. The third-order valence-electron chi connectivity index (χ3n) is 2.51. The lowest BCUT2D eigenvalue weighted by atomic mass is 9.86. The highest BCUT2D eigenvalue weighted by Gasteiger charge is 2.23. The van der Waals surface area contributed by atoms with Gasteiger partial charge in [0.2, 0.25) is 5.91 Å². The molecule has 0 unspecified atom stereocenters. The van der Waals surface area contributed by atoms with E-state index in [1.165, 1.54) is 17.8 Å². The zero-order valence-corrected chi connectivity index (χ0v) is 10.4. The maximum atomic E-state index is 13.8. The van der Waals surface area contributed by atoms with Crippen molar-refractivity contribution in [1.82, 2.24) is 0 Å². The van der Waals surface area contributed by atoms with Gasteiger partial charge in [-0.15, -0.1) is 11.8 Å². The molecule has 0 aromatic heterocycles. The second-order valence-corrected chi connectivity index (χ2v) is 5.93. The van der Waals surface area contributed by atoms with Gasteiger partial charge in [-0.2, -0.15) is 0 Å². The van der Waals surface area contributed by atoms with E-state index in [0.29, 0.717) is 11.3 Å². The highest BCUT2D eigenvalue weighted by Crippen LogP contribution is 2.36. The molecule has 2 rings (SSSR count). The molecule has 1 aliphatic rings. The number of halogens is 1. The van der Waals surface area contributed by atoms with E-state index in [-0.39, 0.29) is 17.1 Å². The van der Waals surface area contributed by atoms with Gasteiger partial charge in [0.05, 0.1) is 11.4 Å². The van der Waals surface area contributed by atoms with Crippen LogP contribution in [0.15, 0.2) is 17.0 Å². The van der Waals surface area contributed by atoms with E-state index in [1.807, 2.05) is 20.8 Å². The molecule has 1 aromatic rings. The van der Waals surface area contributed by atoms with Crippen molar-refractivity contribution < 1.29 is 9.18 Å². The number of anilines is 1. The van der Waals surface area contributed by atoms with Gasteiger partial charge in [-0.05, 0) is 23.1 Å². The van der Waals surface area contributed by atoms with Crippen LogP contribution in [-0.4, -0.2) is 11.7 Å². The molecule has 0 atom stereocenters. The minimum Gasteiger partial charge on any atom is -0.324 e. The minimum atomic E-state index is -0.258. The molecular formula is C12H14FNOS. The van der Waals surface area contributed by atoms with E-state index in [2.05, 4.69) is 5.32 Å². The number of nitrogens with one attached hydrogen (secondary N) is 1. The average Bonchev–Trinajstić information content (AvgIpc) is 2.16. The lowest BCUT2D eigenvalue weighted by molar-refractivity contribution is -0.113. The van der Waals surface area contributed by atoms with Crippen LogP contribution in [0.3, 0.4) is 0 Å². The third kappa shape index (κ3) is 2.07. The molecule has 1 heterocycles. The minimum absolute atomic E-state index is 0.0241. The molecule has 1 aromatic carbocycles.